The van der Waals surface area contributed by atoms with Crippen LogP contribution < -0.4 is 5.32 Å². The van der Waals surface area contributed by atoms with E-state index in [2.05, 4.69) is 17.1 Å². The van der Waals surface area contributed by atoms with Crippen LogP contribution in [-0.2, 0) is 0 Å². The summed E-state index contributed by atoms with van der Waals surface area (Å²) in [7, 11) is 0. The van der Waals surface area contributed by atoms with Gasteiger partial charge in [0.05, 0.1) is 0 Å². The largest absolute Gasteiger partial charge is 0.451 e. The van der Waals surface area contributed by atoms with Gasteiger partial charge < -0.3 is 14.6 Å². The molecule has 1 amide bonds. The lowest BCUT2D eigenvalue weighted by Gasteiger charge is -2.30. The first kappa shape index (κ1) is 17.0. The quantitative estimate of drug-likeness (QED) is 0.816. The molecule has 0 spiro atoms. The lowest BCUT2D eigenvalue weighted by atomic mass is 9.99. The number of hydrogen-bond acceptors (Lipinski definition) is 3. The van der Waals surface area contributed by atoms with Crippen molar-refractivity contribution in [2.45, 2.75) is 39.5 Å². The van der Waals surface area contributed by atoms with Gasteiger partial charge in [-0.15, -0.1) is 0 Å². The maximum Gasteiger partial charge on any atom is 0.287 e. The van der Waals surface area contributed by atoms with Gasteiger partial charge in [0.25, 0.3) is 5.91 Å². The molecule has 1 aromatic heterocycles. The molecule has 1 fully saturated rings. The van der Waals surface area contributed by atoms with Crippen molar-refractivity contribution in [3.8, 4) is 0 Å². The van der Waals surface area contributed by atoms with Crippen molar-refractivity contribution in [3.63, 3.8) is 0 Å². The third-order valence-corrected chi connectivity index (χ3v) is 5.03. The molecule has 0 bridgehead atoms. The van der Waals surface area contributed by atoms with Crippen LogP contribution in [0.25, 0.3) is 11.0 Å². The molecule has 1 aliphatic rings. The summed E-state index contributed by atoms with van der Waals surface area (Å²) in [6, 6.07) is 7.78. The minimum Gasteiger partial charge on any atom is -0.451 e. The maximum absolute atomic E-state index is 12.2. The predicted molar refractivity (Wildman–Crippen MR) is 97.4 cm³/mol. The Hall–Kier alpha value is -1.81. The Kier molecular flexibility index (Phi) is 5.56. The first-order valence-electron chi connectivity index (χ1n) is 9.13. The fraction of sp³-hybridized carbons (Fsp3) is 0.550. The number of amides is 1. The number of para-hydroxylation sites is 1. The smallest absolute Gasteiger partial charge is 0.287 e. The Labute approximate surface area is 144 Å². The highest BCUT2D eigenvalue weighted by Crippen LogP contribution is 2.22. The highest BCUT2D eigenvalue weighted by atomic mass is 16.3. The number of furan rings is 1. The van der Waals surface area contributed by atoms with E-state index in [9.17, 15) is 4.79 Å². The molecule has 1 saturated heterocycles. The molecule has 4 heteroatoms. The number of carbonyl (C=O) groups excluding carboxylic acids is 1. The van der Waals surface area contributed by atoms with Crippen LogP contribution >= 0.6 is 0 Å². The highest BCUT2D eigenvalue weighted by molar-refractivity contribution is 5.96. The normalized spacial score (nSPS) is 16.6. The lowest BCUT2D eigenvalue weighted by Crippen LogP contribution is -2.34. The summed E-state index contributed by atoms with van der Waals surface area (Å²) in [6.07, 6.45) is 4.79. The minimum atomic E-state index is -0.114. The number of nitrogens with one attached hydrogen (secondary N) is 1. The number of likely N-dealkylation sites (tertiary alicyclic amines) is 1. The molecule has 0 radical (unpaired) electrons. The molecule has 2 aromatic rings. The van der Waals surface area contributed by atoms with Crippen molar-refractivity contribution in [2.75, 3.05) is 26.2 Å². The zero-order chi connectivity index (χ0) is 16.9. The second-order valence-corrected chi connectivity index (χ2v) is 7.09. The van der Waals surface area contributed by atoms with Gasteiger partial charge in [-0.25, -0.2) is 0 Å². The number of unbranched alkanes of at least 4 members (excludes halogenated alkanes) is 1. The van der Waals surface area contributed by atoms with Crippen LogP contribution in [0.3, 0.4) is 0 Å². The van der Waals surface area contributed by atoms with E-state index in [1.807, 2.05) is 31.2 Å². The molecule has 3 rings (SSSR count). The molecule has 1 N–H and O–H groups in total. The maximum atomic E-state index is 12.2. The SMILES string of the molecule is Cc1cccc2cc(C(=O)NCCCCN3CCC(C)CC3)oc12. The van der Waals surface area contributed by atoms with Crippen LogP contribution in [0, 0.1) is 12.8 Å². The number of piperidine rings is 1. The van der Waals surface area contributed by atoms with Gasteiger partial charge in [-0.1, -0.05) is 25.1 Å². The van der Waals surface area contributed by atoms with E-state index < -0.39 is 0 Å². The van der Waals surface area contributed by atoms with E-state index in [-0.39, 0.29) is 5.91 Å². The summed E-state index contributed by atoms with van der Waals surface area (Å²) < 4.78 is 5.70. The molecule has 0 atom stereocenters. The fourth-order valence-corrected chi connectivity index (χ4v) is 3.36. The van der Waals surface area contributed by atoms with Gasteiger partial charge in [0, 0.05) is 11.9 Å². The molecule has 130 valence electrons. The van der Waals surface area contributed by atoms with E-state index in [4.69, 9.17) is 4.42 Å². The average Bonchev–Trinajstić information content (AvgIpc) is 3.02. The molecule has 2 heterocycles. The first-order valence-corrected chi connectivity index (χ1v) is 9.13. The van der Waals surface area contributed by atoms with Crippen molar-refractivity contribution in [2.24, 2.45) is 5.92 Å². The summed E-state index contributed by atoms with van der Waals surface area (Å²) in [5, 5.41) is 3.96. The van der Waals surface area contributed by atoms with Gasteiger partial charge in [-0.2, -0.15) is 0 Å². The second-order valence-electron chi connectivity index (χ2n) is 7.09. The van der Waals surface area contributed by atoms with Crippen LogP contribution in [0.15, 0.2) is 28.7 Å². The predicted octanol–water partition coefficient (Wildman–Crippen LogP) is 3.98. The fourth-order valence-electron chi connectivity index (χ4n) is 3.36. The van der Waals surface area contributed by atoms with Crippen LogP contribution in [0.4, 0.5) is 0 Å². The van der Waals surface area contributed by atoms with Crippen LogP contribution in [-0.4, -0.2) is 37.0 Å². The molecule has 4 nitrogen and oxygen atoms in total. The zero-order valence-electron chi connectivity index (χ0n) is 14.8. The average molecular weight is 328 g/mol. The van der Waals surface area contributed by atoms with Crippen molar-refractivity contribution in [1.29, 1.82) is 0 Å². The van der Waals surface area contributed by atoms with E-state index in [1.165, 1.54) is 25.9 Å². The summed E-state index contributed by atoms with van der Waals surface area (Å²) in [5.74, 6) is 1.18. The molecule has 0 aliphatic carbocycles. The third kappa shape index (κ3) is 4.18. The van der Waals surface area contributed by atoms with Crippen molar-refractivity contribution < 1.29 is 9.21 Å². The highest BCUT2D eigenvalue weighted by Gasteiger charge is 2.15. The summed E-state index contributed by atoms with van der Waals surface area (Å²) in [6.45, 7) is 8.64. The molecular weight excluding hydrogens is 300 g/mol. The number of fused-ring (bicyclic) bond motifs is 1. The number of aryl methyl sites for hydroxylation is 1. The van der Waals surface area contributed by atoms with E-state index >= 15 is 0 Å². The van der Waals surface area contributed by atoms with Crippen LogP contribution in [0.2, 0.25) is 0 Å². The van der Waals surface area contributed by atoms with E-state index in [0.29, 0.717) is 12.3 Å². The Morgan fingerprint density at radius 1 is 1.29 bits per heavy atom. The summed E-state index contributed by atoms with van der Waals surface area (Å²) in [5.41, 5.74) is 1.87. The van der Waals surface area contributed by atoms with Gasteiger partial charge in [-0.3, -0.25) is 4.79 Å². The molecule has 1 aliphatic heterocycles. The van der Waals surface area contributed by atoms with Crippen LogP contribution in [0.5, 0.6) is 0 Å². The molecule has 24 heavy (non-hydrogen) atoms. The van der Waals surface area contributed by atoms with E-state index in [1.54, 1.807) is 0 Å². The Morgan fingerprint density at radius 3 is 2.83 bits per heavy atom. The Morgan fingerprint density at radius 2 is 2.08 bits per heavy atom. The Balaban J connectivity index is 1.40. The number of hydrogen-bond donors (Lipinski definition) is 1. The number of nitrogens with zero attached hydrogens (tertiary/aromatic N) is 1. The van der Waals surface area contributed by atoms with Gasteiger partial charge in [0.15, 0.2) is 5.76 Å². The molecular formula is C20H28N2O2. The third-order valence-electron chi connectivity index (χ3n) is 5.03. The van der Waals surface area contributed by atoms with Gasteiger partial charge in [-0.05, 0) is 69.8 Å². The molecule has 1 aromatic carbocycles. The number of rotatable bonds is 6. The van der Waals surface area contributed by atoms with Gasteiger partial charge in [0.2, 0.25) is 0 Å². The van der Waals surface area contributed by atoms with E-state index in [0.717, 1.165) is 41.8 Å². The van der Waals surface area contributed by atoms with Gasteiger partial charge >= 0.3 is 0 Å². The monoisotopic (exact) mass is 328 g/mol. The molecule has 0 unspecified atom stereocenters. The topological polar surface area (TPSA) is 45.5 Å². The standard InChI is InChI=1S/C20H28N2O2/c1-15-8-12-22(13-9-15)11-4-3-10-21-20(23)18-14-17-7-5-6-16(2)19(17)24-18/h5-7,14-15H,3-4,8-13H2,1-2H3,(H,21,23). The minimum absolute atomic E-state index is 0.114. The first-order chi connectivity index (χ1) is 11.6. The number of carbonyl (C=O) groups is 1. The van der Waals surface area contributed by atoms with Crippen molar-refractivity contribution in [1.82, 2.24) is 10.2 Å². The number of benzene rings is 1. The summed E-state index contributed by atoms with van der Waals surface area (Å²) >= 11 is 0. The van der Waals surface area contributed by atoms with Crippen molar-refractivity contribution in [3.05, 3.63) is 35.6 Å². The zero-order valence-corrected chi connectivity index (χ0v) is 14.8. The Bertz CT molecular complexity index is 684. The lowest BCUT2D eigenvalue weighted by molar-refractivity contribution is 0.0926. The summed E-state index contributed by atoms with van der Waals surface area (Å²) in [4.78, 5) is 14.8. The van der Waals surface area contributed by atoms with Crippen molar-refractivity contribution >= 4 is 16.9 Å². The molecule has 0 saturated carbocycles. The van der Waals surface area contributed by atoms with Gasteiger partial charge in [0.1, 0.15) is 5.58 Å². The second kappa shape index (κ2) is 7.84. The van der Waals surface area contributed by atoms with Crippen LogP contribution in [0.1, 0.15) is 48.7 Å².